The van der Waals surface area contributed by atoms with Crippen molar-refractivity contribution in [3.05, 3.63) is 29.3 Å². The van der Waals surface area contributed by atoms with Gasteiger partial charge in [-0.2, -0.15) is 0 Å². The predicted molar refractivity (Wildman–Crippen MR) is 88.7 cm³/mol. The number of aryl methyl sites for hydroxylation is 1. The van der Waals surface area contributed by atoms with Crippen LogP contribution in [0.25, 0.3) is 0 Å². The summed E-state index contributed by atoms with van der Waals surface area (Å²) in [6.45, 7) is 11.6. The average Bonchev–Trinajstić information content (AvgIpc) is 2.40. The number of piperidine rings is 1. The van der Waals surface area contributed by atoms with Gasteiger partial charge >= 0.3 is 0 Å². The molecular formula is C18H28N2O. The third kappa shape index (κ3) is 3.46. The minimum atomic E-state index is -0.120. The molecule has 1 aliphatic rings. The van der Waals surface area contributed by atoms with Crippen molar-refractivity contribution in [3.63, 3.8) is 0 Å². The van der Waals surface area contributed by atoms with Crippen LogP contribution in [0.1, 0.15) is 57.6 Å². The summed E-state index contributed by atoms with van der Waals surface area (Å²) in [5.74, 6) is 0.489. The van der Waals surface area contributed by atoms with Gasteiger partial charge in [-0.1, -0.05) is 45.9 Å². The number of carbonyl (C=O) groups is 1. The summed E-state index contributed by atoms with van der Waals surface area (Å²) in [5.41, 5.74) is 3.32. The number of rotatable bonds is 3. The van der Waals surface area contributed by atoms with Crippen LogP contribution in [0.4, 0.5) is 5.69 Å². The number of benzene rings is 1. The van der Waals surface area contributed by atoms with Crippen LogP contribution in [0.3, 0.4) is 0 Å². The van der Waals surface area contributed by atoms with E-state index in [1.165, 1.54) is 5.56 Å². The van der Waals surface area contributed by atoms with Crippen LogP contribution >= 0.6 is 0 Å². The maximum atomic E-state index is 12.7. The molecular weight excluding hydrogens is 260 g/mol. The lowest BCUT2D eigenvalue weighted by Gasteiger charge is -2.38. The van der Waals surface area contributed by atoms with Crippen molar-refractivity contribution in [2.75, 3.05) is 11.9 Å². The molecule has 1 amide bonds. The number of amides is 1. The summed E-state index contributed by atoms with van der Waals surface area (Å²) in [6, 6.07) is 6.10. The molecule has 116 valence electrons. The Hall–Kier alpha value is -1.35. The number of hydrogen-bond donors (Lipinski definition) is 2. The first-order valence-corrected chi connectivity index (χ1v) is 7.96. The lowest BCUT2D eigenvalue weighted by Crippen LogP contribution is -2.53. The summed E-state index contributed by atoms with van der Waals surface area (Å²) in [5, 5.41) is 6.57. The summed E-state index contributed by atoms with van der Waals surface area (Å²) >= 11 is 0. The van der Waals surface area contributed by atoms with E-state index in [0.29, 0.717) is 5.92 Å². The minimum absolute atomic E-state index is 0.00299. The summed E-state index contributed by atoms with van der Waals surface area (Å²) in [6.07, 6.45) is 2.22. The fourth-order valence-electron chi connectivity index (χ4n) is 3.20. The maximum Gasteiger partial charge on any atom is 0.242 e. The third-order valence-electron chi connectivity index (χ3n) is 4.57. The van der Waals surface area contributed by atoms with Gasteiger partial charge in [0.15, 0.2) is 0 Å². The SMILES string of the molecule is Cc1cccc(C(C)C)c1NC(=O)C1NCCCC1(C)C. The van der Waals surface area contributed by atoms with Crippen molar-refractivity contribution in [2.45, 2.75) is 59.4 Å². The van der Waals surface area contributed by atoms with Gasteiger partial charge in [0.25, 0.3) is 0 Å². The Morgan fingerprint density at radius 3 is 2.71 bits per heavy atom. The number of hydrogen-bond acceptors (Lipinski definition) is 2. The van der Waals surface area contributed by atoms with Crippen molar-refractivity contribution >= 4 is 11.6 Å². The molecule has 0 aliphatic carbocycles. The molecule has 3 heteroatoms. The summed E-state index contributed by atoms with van der Waals surface area (Å²) < 4.78 is 0. The molecule has 0 bridgehead atoms. The molecule has 1 aliphatic heterocycles. The molecule has 21 heavy (non-hydrogen) atoms. The summed E-state index contributed by atoms with van der Waals surface area (Å²) in [4.78, 5) is 12.7. The zero-order chi connectivity index (χ0) is 15.6. The number of carbonyl (C=O) groups excluding carboxylic acids is 1. The van der Waals surface area contributed by atoms with Crippen LogP contribution in [0.5, 0.6) is 0 Å². The third-order valence-corrected chi connectivity index (χ3v) is 4.57. The van der Waals surface area contributed by atoms with Gasteiger partial charge in [0.1, 0.15) is 0 Å². The highest BCUT2D eigenvalue weighted by Gasteiger charge is 2.37. The topological polar surface area (TPSA) is 41.1 Å². The monoisotopic (exact) mass is 288 g/mol. The van der Waals surface area contributed by atoms with E-state index in [2.05, 4.69) is 63.5 Å². The first-order chi connectivity index (χ1) is 9.83. The van der Waals surface area contributed by atoms with E-state index in [1.54, 1.807) is 0 Å². The highest BCUT2D eigenvalue weighted by molar-refractivity contribution is 5.96. The molecule has 0 aromatic heterocycles. The van der Waals surface area contributed by atoms with E-state index in [9.17, 15) is 4.79 Å². The Morgan fingerprint density at radius 2 is 2.10 bits per heavy atom. The molecule has 0 spiro atoms. The van der Waals surface area contributed by atoms with E-state index in [4.69, 9.17) is 0 Å². The van der Waals surface area contributed by atoms with Crippen molar-refractivity contribution in [2.24, 2.45) is 5.41 Å². The largest absolute Gasteiger partial charge is 0.324 e. The number of para-hydroxylation sites is 1. The molecule has 1 aromatic rings. The van der Waals surface area contributed by atoms with Crippen molar-refractivity contribution in [3.8, 4) is 0 Å². The Labute approximate surface area is 128 Å². The number of nitrogens with one attached hydrogen (secondary N) is 2. The van der Waals surface area contributed by atoms with Gasteiger partial charge in [-0.25, -0.2) is 0 Å². The smallest absolute Gasteiger partial charge is 0.242 e. The van der Waals surface area contributed by atoms with Gasteiger partial charge in [-0.05, 0) is 48.8 Å². The van der Waals surface area contributed by atoms with E-state index in [1.807, 2.05) is 0 Å². The molecule has 1 unspecified atom stereocenters. The van der Waals surface area contributed by atoms with Crippen molar-refractivity contribution in [1.29, 1.82) is 0 Å². The molecule has 2 rings (SSSR count). The highest BCUT2D eigenvalue weighted by Crippen LogP contribution is 2.32. The average molecular weight is 288 g/mol. The molecule has 1 heterocycles. The van der Waals surface area contributed by atoms with Crippen LogP contribution in [0, 0.1) is 12.3 Å². The standard InChI is InChI=1S/C18H28N2O/c1-12(2)14-9-6-8-13(3)15(14)20-17(21)16-18(4,5)10-7-11-19-16/h6,8-9,12,16,19H,7,10-11H2,1-5H3,(H,20,21). The molecule has 1 saturated heterocycles. The molecule has 1 aromatic carbocycles. The van der Waals surface area contributed by atoms with Crippen molar-refractivity contribution < 1.29 is 4.79 Å². The van der Waals surface area contributed by atoms with E-state index >= 15 is 0 Å². The van der Waals surface area contributed by atoms with Gasteiger partial charge in [0.05, 0.1) is 6.04 Å². The van der Waals surface area contributed by atoms with Crippen LogP contribution in [0.2, 0.25) is 0 Å². The zero-order valence-corrected chi connectivity index (χ0v) is 13.9. The molecule has 0 saturated carbocycles. The van der Waals surface area contributed by atoms with Gasteiger partial charge in [-0.3, -0.25) is 4.79 Å². The highest BCUT2D eigenvalue weighted by atomic mass is 16.2. The van der Waals surface area contributed by atoms with Gasteiger partial charge in [0, 0.05) is 5.69 Å². The lowest BCUT2D eigenvalue weighted by molar-refractivity contribution is -0.121. The Balaban J connectivity index is 2.24. The second-order valence-corrected chi connectivity index (χ2v) is 7.16. The fraction of sp³-hybridized carbons (Fsp3) is 0.611. The second kappa shape index (κ2) is 6.18. The van der Waals surface area contributed by atoms with E-state index < -0.39 is 0 Å². The first kappa shape index (κ1) is 16.0. The fourth-order valence-corrected chi connectivity index (χ4v) is 3.20. The second-order valence-electron chi connectivity index (χ2n) is 7.16. The molecule has 3 nitrogen and oxygen atoms in total. The zero-order valence-electron chi connectivity index (χ0n) is 13.9. The van der Waals surface area contributed by atoms with E-state index in [0.717, 1.165) is 30.6 Å². The van der Waals surface area contributed by atoms with Gasteiger partial charge in [-0.15, -0.1) is 0 Å². The molecule has 0 radical (unpaired) electrons. The van der Waals surface area contributed by atoms with Crippen LogP contribution in [-0.2, 0) is 4.79 Å². The summed E-state index contributed by atoms with van der Waals surface area (Å²) in [7, 11) is 0. The van der Waals surface area contributed by atoms with Crippen LogP contribution in [0.15, 0.2) is 18.2 Å². The molecule has 1 atom stereocenters. The Morgan fingerprint density at radius 1 is 1.38 bits per heavy atom. The maximum absolute atomic E-state index is 12.7. The van der Waals surface area contributed by atoms with Crippen LogP contribution < -0.4 is 10.6 Å². The predicted octanol–water partition coefficient (Wildman–Crippen LogP) is 3.84. The first-order valence-electron chi connectivity index (χ1n) is 7.96. The van der Waals surface area contributed by atoms with Gasteiger partial charge < -0.3 is 10.6 Å². The Kier molecular flexibility index (Phi) is 4.72. The molecule has 1 fully saturated rings. The minimum Gasteiger partial charge on any atom is -0.324 e. The van der Waals surface area contributed by atoms with Crippen LogP contribution in [-0.4, -0.2) is 18.5 Å². The lowest BCUT2D eigenvalue weighted by atomic mass is 9.77. The van der Waals surface area contributed by atoms with Gasteiger partial charge in [0.2, 0.25) is 5.91 Å². The van der Waals surface area contributed by atoms with E-state index in [-0.39, 0.29) is 17.4 Å². The number of anilines is 1. The quantitative estimate of drug-likeness (QED) is 0.887. The van der Waals surface area contributed by atoms with Crippen molar-refractivity contribution in [1.82, 2.24) is 5.32 Å². The normalized spacial score (nSPS) is 21.3. The molecule has 2 N–H and O–H groups in total. The Bertz CT molecular complexity index is 520.